The van der Waals surface area contributed by atoms with Crippen LogP contribution in [-0.2, 0) is 0 Å². The predicted molar refractivity (Wildman–Crippen MR) is 71.0 cm³/mol. The van der Waals surface area contributed by atoms with Crippen molar-refractivity contribution < 1.29 is 9.84 Å². The predicted octanol–water partition coefficient (Wildman–Crippen LogP) is 3.82. The van der Waals surface area contributed by atoms with Gasteiger partial charge in [-0.15, -0.1) is 11.3 Å². The Morgan fingerprint density at radius 1 is 1.35 bits per heavy atom. The van der Waals surface area contributed by atoms with Gasteiger partial charge >= 0.3 is 0 Å². The Kier molecular flexibility index (Phi) is 4.05. The number of thiophene rings is 1. The highest BCUT2D eigenvalue weighted by molar-refractivity contribution is 7.16. The molecule has 1 aromatic heterocycles. The van der Waals surface area contributed by atoms with Crippen LogP contribution in [-0.4, -0.2) is 11.7 Å². The van der Waals surface area contributed by atoms with E-state index in [1.807, 2.05) is 37.3 Å². The molecule has 0 radical (unpaired) electrons. The van der Waals surface area contributed by atoms with Crippen molar-refractivity contribution in [3.63, 3.8) is 0 Å². The topological polar surface area (TPSA) is 29.5 Å². The van der Waals surface area contributed by atoms with E-state index in [2.05, 4.69) is 0 Å². The van der Waals surface area contributed by atoms with E-state index in [9.17, 15) is 5.11 Å². The first-order valence-electron chi connectivity index (χ1n) is 5.28. The molecule has 2 rings (SSSR count). The van der Waals surface area contributed by atoms with Gasteiger partial charge in [-0.2, -0.15) is 0 Å². The van der Waals surface area contributed by atoms with Crippen molar-refractivity contribution in [1.82, 2.24) is 0 Å². The summed E-state index contributed by atoms with van der Waals surface area (Å²) in [5.74, 6) is 0.770. The highest BCUT2D eigenvalue weighted by Gasteiger charge is 2.11. The van der Waals surface area contributed by atoms with E-state index in [1.54, 1.807) is 6.07 Å². The quantitative estimate of drug-likeness (QED) is 0.913. The molecule has 0 amide bonds. The largest absolute Gasteiger partial charge is 0.490 e. The molecule has 1 heterocycles. The maximum atomic E-state index is 9.89. The molecule has 0 saturated heterocycles. The molecule has 1 N–H and O–H groups in total. The first kappa shape index (κ1) is 12.4. The standard InChI is InChI=1S/C13H13ClO2S/c1-9-3-2-4-10(7-9)16-8-11(15)12-5-6-13(14)17-12/h2-7,11,15H,8H2,1H3. The summed E-state index contributed by atoms with van der Waals surface area (Å²) in [7, 11) is 0. The van der Waals surface area contributed by atoms with Gasteiger partial charge in [-0.25, -0.2) is 0 Å². The highest BCUT2D eigenvalue weighted by Crippen LogP contribution is 2.27. The van der Waals surface area contributed by atoms with Gasteiger partial charge in [0, 0.05) is 4.88 Å². The lowest BCUT2D eigenvalue weighted by atomic mass is 10.2. The molecule has 0 aliphatic heterocycles. The van der Waals surface area contributed by atoms with Gasteiger partial charge in [-0.3, -0.25) is 0 Å². The molecule has 17 heavy (non-hydrogen) atoms. The third kappa shape index (κ3) is 3.46. The maximum Gasteiger partial charge on any atom is 0.122 e. The third-order valence-corrected chi connectivity index (χ3v) is 3.65. The van der Waals surface area contributed by atoms with Crippen LogP contribution in [0.3, 0.4) is 0 Å². The fourth-order valence-electron chi connectivity index (χ4n) is 1.47. The summed E-state index contributed by atoms with van der Waals surface area (Å²) in [5, 5.41) is 9.89. The molecule has 2 nitrogen and oxygen atoms in total. The first-order valence-corrected chi connectivity index (χ1v) is 6.47. The second-order valence-electron chi connectivity index (χ2n) is 3.79. The van der Waals surface area contributed by atoms with Crippen LogP contribution in [0.5, 0.6) is 5.75 Å². The van der Waals surface area contributed by atoms with E-state index in [0.29, 0.717) is 4.34 Å². The number of aryl methyl sites for hydroxylation is 1. The fourth-order valence-corrected chi connectivity index (χ4v) is 2.50. The zero-order valence-corrected chi connectivity index (χ0v) is 11.0. The number of aliphatic hydroxyl groups is 1. The van der Waals surface area contributed by atoms with E-state index in [1.165, 1.54) is 11.3 Å². The summed E-state index contributed by atoms with van der Waals surface area (Å²) in [6.07, 6.45) is -0.631. The van der Waals surface area contributed by atoms with Crippen molar-refractivity contribution in [3.05, 3.63) is 51.2 Å². The number of ether oxygens (including phenoxy) is 1. The Morgan fingerprint density at radius 3 is 2.82 bits per heavy atom. The summed E-state index contributed by atoms with van der Waals surface area (Å²) < 4.78 is 6.20. The minimum Gasteiger partial charge on any atom is -0.490 e. The van der Waals surface area contributed by atoms with Gasteiger partial charge in [-0.1, -0.05) is 23.7 Å². The average molecular weight is 269 g/mol. The summed E-state index contributed by atoms with van der Waals surface area (Å²) in [6.45, 7) is 2.24. The van der Waals surface area contributed by atoms with Gasteiger partial charge in [0.05, 0.1) is 4.34 Å². The molecular formula is C13H13ClO2S. The molecule has 0 fully saturated rings. The first-order chi connectivity index (χ1) is 8.15. The number of rotatable bonds is 4. The second-order valence-corrected chi connectivity index (χ2v) is 5.53. The van der Waals surface area contributed by atoms with Crippen molar-refractivity contribution in [2.75, 3.05) is 6.61 Å². The minimum absolute atomic E-state index is 0.236. The van der Waals surface area contributed by atoms with Crippen LogP contribution in [0, 0.1) is 6.92 Å². The van der Waals surface area contributed by atoms with Crippen molar-refractivity contribution in [2.24, 2.45) is 0 Å². The van der Waals surface area contributed by atoms with Gasteiger partial charge in [0.25, 0.3) is 0 Å². The van der Waals surface area contributed by atoms with Crippen LogP contribution in [0.1, 0.15) is 16.5 Å². The highest BCUT2D eigenvalue weighted by atomic mass is 35.5. The van der Waals surface area contributed by atoms with Crippen LogP contribution in [0.4, 0.5) is 0 Å². The van der Waals surface area contributed by atoms with Gasteiger partial charge in [-0.05, 0) is 36.8 Å². The number of halogens is 1. The Labute approximate surface area is 109 Å². The third-order valence-electron chi connectivity index (χ3n) is 2.32. The van der Waals surface area contributed by atoms with Crippen molar-refractivity contribution in [1.29, 1.82) is 0 Å². The lowest BCUT2D eigenvalue weighted by Crippen LogP contribution is -2.08. The molecule has 90 valence electrons. The zero-order valence-electron chi connectivity index (χ0n) is 9.39. The molecule has 0 saturated carbocycles. The average Bonchev–Trinajstić information content (AvgIpc) is 2.73. The molecule has 0 aliphatic carbocycles. The molecule has 2 aromatic rings. The lowest BCUT2D eigenvalue weighted by Gasteiger charge is -2.11. The van der Waals surface area contributed by atoms with E-state index in [0.717, 1.165) is 16.2 Å². The van der Waals surface area contributed by atoms with Crippen LogP contribution >= 0.6 is 22.9 Å². The molecule has 0 spiro atoms. The van der Waals surface area contributed by atoms with E-state index < -0.39 is 6.10 Å². The fraction of sp³-hybridized carbons (Fsp3) is 0.231. The van der Waals surface area contributed by atoms with Gasteiger partial charge < -0.3 is 9.84 Å². The normalized spacial score (nSPS) is 12.4. The molecule has 1 unspecified atom stereocenters. The number of hydrogen-bond acceptors (Lipinski definition) is 3. The Hall–Kier alpha value is -1.03. The summed E-state index contributed by atoms with van der Waals surface area (Å²) in [4.78, 5) is 0.822. The monoisotopic (exact) mass is 268 g/mol. The van der Waals surface area contributed by atoms with E-state index >= 15 is 0 Å². The lowest BCUT2D eigenvalue weighted by molar-refractivity contribution is 0.111. The number of hydrogen-bond donors (Lipinski definition) is 1. The van der Waals surface area contributed by atoms with E-state index in [-0.39, 0.29) is 6.61 Å². The molecule has 1 atom stereocenters. The molecule has 0 bridgehead atoms. The second kappa shape index (κ2) is 5.54. The number of benzene rings is 1. The van der Waals surface area contributed by atoms with Gasteiger partial charge in [0.2, 0.25) is 0 Å². The molecule has 1 aromatic carbocycles. The molecule has 4 heteroatoms. The molecule has 0 aliphatic rings. The summed E-state index contributed by atoms with van der Waals surface area (Å²) in [6, 6.07) is 11.3. The molecular weight excluding hydrogens is 256 g/mol. The minimum atomic E-state index is -0.631. The Morgan fingerprint density at radius 2 is 2.18 bits per heavy atom. The van der Waals surface area contributed by atoms with Gasteiger partial charge in [0.15, 0.2) is 0 Å². The van der Waals surface area contributed by atoms with E-state index in [4.69, 9.17) is 16.3 Å². The van der Waals surface area contributed by atoms with Crippen LogP contribution in [0.15, 0.2) is 36.4 Å². The Bertz CT molecular complexity index is 496. The van der Waals surface area contributed by atoms with Gasteiger partial charge in [0.1, 0.15) is 18.5 Å². The zero-order chi connectivity index (χ0) is 12.3. The maximum absolute atomic E-state index is 9.89. The van der Waals surface area contributed by atoms with Crippen molar-refractivity contribution in [3.8, 4) is 5.75 Å². The number of aliphatic hydroxyl groups excluding tert-OH is 1. The van der Waals surface area contributed by atoms with Crippen LogP contribution in [0.25, 0.3) is 0 Å². The smallest absolute Gasteiger partial charge is 0.122 e. The van der Waals surface area contributed by atoms with Crippen molar-refractivity contribution >= 4 is 22.9 Å². The van der Waals surface area contributed by atoms with Crippen LogP contribution < -0.4 is 4.74 Å². The summed E-state index contributed by atoms with van der Waals surface area (Å²) >= 11 is 7.18. The Balaban J connectivity index is 1.94. The summed E-state index contributed by atoms with van der Waals surface area (Å²) in [5.41, 5.74) is 1.14. The van der Waals surface area contributed by atoms with Crippen molar-refractivity contribution in [2.45, 2.75) is 13.0 Å². The van der Waals surface area contributed by atoms with Crippen LogP contribution in [0.2, 0.25) is 4.34 Å². The SMILES string of the molecule is Cc1cccc(OCC(O)c2ccc(Cl)s2)c1.